The first-order valence-electron chi connectivity index (χ1n) is 9.63. The van der Waals surface area contributed by atoms with E-state index in [1.807, 2.05) is 61.3 Å². The summed E-state index contributed by atoms with van der Waals surface area (Å²) in [5.74, 6) is 1.99. The van der Waals surface area contributed by atoms with Crippen LogP contribution < -0.4 is 4.90 Å². The molecule has 0 radical (unpaired) electrons. The van der Waals surface area contributed by atoms with Crippen LogP contribution >= 0.6 is 0 Å². The van der Waals surface area contributed by atoms with E-state index in [0.29, 0.717) is 13.1 Å². The van der Waals surface area contributed by atoms with Crippen LogP contribution in [0.5, 0.6) is 0 Å². The molecule has 27 heavy (non-hydrogen) atoms. The van der Waals surface area contributed by atoms with Gasteiger partial charge in [-0.15, -0.1) is 0 Å². The SMILES string of the molecule is CC(C)(C)c1nccc(N2CCN(C(=O)C(C)(C)c3ccccc3)CC2)n1. The van der Waals surface area contributed by atoms with Crippen molar-refractivity contribution in [3.8, 4) is 0 Å². The summed E-state index contributed by atoms with van der Waals surface area (Å²) in [5, 5.41) is 0. The number of anilines is 1. The van der Waals surface area contributed by atoms with E-state index < -0.39 is 5.41 Å². The minimum Gasteiger partial charge on any atom is -0.353 e. The quantitative estimate of drug-likeness (QED) is 0.835. The van der Waals surface area contributed by atoms with Crippen LogP contribution in [-0.2, 0) is 15.6 Å². The van der Waals surface area contributed by atoms with Crippen LogP contribution in [0.3, 0.4) is 0 Å². The number of hydrogen-bond acceptors (Lipinski definition) is 4. The Hall–Kier alpha value is -2.43. The lowest BCUT2D eigenvalue weighted by atomic mass is 9.83. The highest BCUT2D eigenvalue weighted by atomic mass is 16.2. The van der Waals surface area contributed by atoms with Gasteiger partial charge >= 0.3 is 0 Å². The molecule has 0 aliphatic carbocycles. The Morgan fingerprint density at radius 3 is 2.15 bits per heavy atom. The maximum atomic E-state index is 13.1. The van der Waals surface area contributed by atoms with E-state index in [-0.39, 0.29) is 11.3 Å². The van der Waals surface area contributed by atoms with E-state index in [4.69, 9.17) is 4.98 Å². The van der Waals surface area contributed by atoms with E-state index in [1.165, 1.54) is 0 Å². The highest BCUT2D eigenvalue weighted by Crippen LogP contribution is 2.27. The minimum atomic E-state index is -0.516. The number of rotatable bonds is 3. The molecule has 0 saturated carbocycles. The molecule has 2 aromatic rings. The summed E-state index contributed by atoms with van der Waals surface area (Å²) in [5.41, 5.74) is 0.466. The maximum Gasteiger partial charge on any atom is 0.232 e. The largest absolute Gasteiger partial charge is 0.353 e. The Bertz CT molecular complexity index is 787. The summed E-state index contributed by atoms with van der Waals surface area (Å²) >= 11 is 0. The fourth-order valence-corrected chi connectivity index (χ4v) is 3.40. The van der Waals surface area contributed by atoms with Gasteiger partial charge in [0, 0.05) is 37.8 Å². The molecule has 5 nitrogen and oxygen atoms in total. The van der Waals surface area contributed by atoms with Gasteiger partial charge in [-0.2, -0.15) is 0 Å². The molecule has 0 spiro atoms. The Labute approximate surface area is 162 Å². The predicted octanol–water partition coefficient (Wildman–Crippen LogP) is 3.40. The molecule has 0 atom stereocenters. The lowest BCUT2D eigenvalue weighted by Gasteiger charge is -2.39. The van der Waals surface area contributed by atoms with Crippen LogP contribution in [0.15, 0.2) is 42.6 Å². The van der Waals surface area contributed by atoms with Gasteiger partial charge in [0.1, 0.15) is 11.6 Å². The molecule has 144 valence electrons. The number of benzene rings is 1. The lowest BCUT2D eigenvalue weighted by Crippen LogP contribution is -2.53. The standard InChI is InChI=1S/C22H30N4O/c1-21(2,3)19-23-12-11-18(24-19)25-13-15-26(16-14-25)20(27)22(4,5)17-9-7-6-8-10-17/h6-12H,13-16H2,1-5H3. The Kier molecular flexibility index (Phi) is 5.22. The number of hydrogen-bond donors (Lipinski definition) is 0. The number of amides is 1. The first-order chi connectivity index (χ1) is 12.7. The lowest BCUT2D eigenvalue weighted by molar-refractivity contribution is -0.136. The van der Waals surface area contributed by atoms with Crippen molar-refractivity contribution in [1.82, 2.24) is 14.9 Å². The van der Waals surface area contributed by atoms with Crippen LogP contribution in [-0.4, -0.2) is 47.0 Å². The molecule has 0 N–H and O–H groups in total. The van der Waals surface area contributed by atoms with Crippen molar-refractivity contribution in [2.24, 2.45) is 0 Å². The van der Waals surface area contributed by atoms with Gasteiger partial charge in [-0.05, 0) is 25.5 Å². The molecule has 0 unspecified atom stereocenters. The van der Waals surface area contributed by atoms with Gasteiger partial charge in [0.2, 0.25) is 5.91 Å². The number of carbonyl (C=O) groups is 1. The number of nitrogens with zero attached hydrogens (tertiary/aromatic N) is 4. The van der Waals surface area contributed by atoms with Crippen LogP contribution in [0.4, 0.5) is 5.82 Å². The molecular formula is C22H30N4O. The second-order valence-corrected chi connectivity index (χ2v) is 8.76. The minimum absolute atomic E-state index is 0.0759. The van der Waals surface area contributed by atoms with Gasteiger partial charge in [0.25, 0.3) is 0 Å². The second-order valence-electron chi connectivity index (χ2n) is 8.76. The van der Waals surface area contributed by atoms with Gasteiger partial charge in [-0.3, -0.25) is 4.79 Å². The van der Waals surface area contributed by atoms with Crippen molar-refractivity contribution < 1.29 is 4.79 Å². The van der Waals surface area contributed by atoms with Gasteiger partial charge < -0.3 is 9.80 Å². The summed E-state index contributed by atoms with van der Waals surface area (Å²) in [7, 11) is 0. The zero-order valence-electron chi connectivity index (χ0n) is 17.1. The summed E-state index contributed by atoms with van der Waals surface area (Å²) in [6, 6.07) is 12.0. The molecule has 1 fully saturated rings. The maximum absolute atomic E-state index is 13.1. The normalized spacial score (nSPS) is 15.7. The monoisotopic (exact) mass is 366 g/mol. The van der Waals surface area contributed by atoms with Crippen LogP contribution in [0.25, 0.3) is 0 Å². The van der Waals surface area contributed by atoms with Gasteiger partial charge in [0.05, 0.1) is 5.41 Å². The van der Waals surface area contributed by atoms with E-state index in [9.17, 15) is 4.79 Å². The molecule has 1 aromatic carbocycles. The third kappa shape index (κ3) is 4.12. The molecule has 0 bridgehead atoms. The van der Waals surface area contributed by atoms with E-state index in [0.717, 1.165) is 30.3 Å². The number of piperazine rings is 1. The first-order valence-corrected chi connectivity index (χ1v) is 9.63. The number of carbonyl (C=O) groups excluding carboxylic acids is 1. The molecule has 1 saturated heterocycles. The highest BCUT2D eigenvalue weighted by Gasteiger charge is 2.35. The third-order valence-electron chi connectivity index (χ3n) is 5.23. The smallest absolute Gasteiger partial charge is 0.232 e. The molecular weight excluding hydrogens is 336 g/mol. The van der Waals surface area contributed by atoms with E-state index in [1.54, 1.807) is 0 Å². The Morgan fingerprint density at radius 1 is 0.926 bits per heavy atom. The first kappa shape index (κ1) is 19.3. The molecule has 2 heterocycles. The van der Waals surface area contributed by atoms with E-state index in [2.05, 4.69) is 30.7 Å². The zero-order chi connectivity index (χ0) is 19.7. The van der Waals surface area contributed by atoms with Crippen molar-refractivity contribution in [2.75, 3.05) is 31.1 Å². The summed E-state index contributed by atoms with van der Waals surface area (Å²) < 4.78 is 0. The molecule has 1 aromatic heterocycles. The fourth-order valence-electron chi connectivity index (χ4n) is 3.40. The molecule has 3 rings (SSSR count). The molecule has 1 aliphatic heterocycles. The van der Waals surface area contributed by atoms with Crippen LogP contribution in [0, 0.1) is 0 Å². The average molecular weight is 367 g/mol. The van der Waals surface area contributed by atoms with Crippen molar-refractivity contribution in [3.63, 3.8) is 0 Å². The molecule has 5 heteroatoms. The summed E-state index contributed by atoms with van der Waals surface area (Å²) in [6.45, 7) is 13.4. The van der Waals surface area contributed by atoms with Crippen molar-refractivity contribution in [2.45, 2.75) is 45.4 Å². The number of aromatic nitrogens is 2. The fraction of sp³-hybridized carbons (Fsp3) is 0.500. The molecule has 1 amide bonds. The second kappa shape index (κ2) is 7.29. The predicted molar refractivity (Wildman–Crippen MR) is 109 cm³/mol. The topological polar surface area (TPSA) is 49.3 Å². The van der Waals surface area contributed by atoms with Gasteiger partial charge in [-0.1, -0.05) is 51.1 Å². The van der Waals surface area contributed by atoms with Crippen LogP contribution in [0.1, 0.15) is 46.0 Å². The Balaban J connectivity index is 1.68. The zero-order valence-corrected chi connectivity index (χ0v) is 17.1. The third-order valence-corrected chi connectivity index (χ3v) is 5.23. The Morgan fingerprint density at radius 2 is 1.56 bits per heavy atom. The average Bonchev–Trinajstić information content (AvgIpc) is 2.67. The van der Waals surface area contributed by atoms with E-state index >= 15 is 0 Å². The van der Waals surface area contributed by atoms with Crippen molar-refractivity contribution in [1.29, 1.82) is 0 Å². The summed E-state index contributed by atoms with van der Waals surface area (Å²) in [6.07, 6.45) is 1.83. The van der Waals surface area contributed by atoms with Crippen molar-refractivity contribution >= 4 is 11.7 Å². The van der Waals surface area contributed by atoms with Crippen molar-refractivity contribution in [3.05, 3.63) is 54.0 Å². The van der Waals surface area contributed by atoms with Gasteiger partial charge in [0.15, 0.2) is 0 Å². The molecule has 1 aliphatic rings. The summed E-state index contributed by atoms with van der Waals surface area (Å²) in [4.78, 5) is 26.5. The van der Waals surface area contributed by atoms with Crippen LogP contribution in [0.2, 0.25) is 0 Å². The van der Waals surface area contributed by atoms with Gasteiger partial charge in [-0.25, -0.2) is 9.97 Å². The highest BCUT2D eigenvalue weighted by molar-refractivity contribution is 5.87.